The van der Waals surface area contributed by atoms with Crippen LogP contribution >= 0.6 is 0 Å². The van der Waals surface area contributed by atoms with Crippen LogP contribution in [0.2, 0.25) is 0 Å². The van der Waals surface area contributed by atoms with E-state index in [4.69, 9.17) is 0 Å². The molecule has 1 fully saturated rings. The molecule has 0 unspecified atom stereocenters. The molecule has 6 heteroatoms. The van der Waals surface area contributed by atoms with Crippen molar-refractivity contribution in [2.45, 2.75) is 45.1 Å². The zero-order valence-electron chi connectivity index (χ0n) is 13.8. The lowest BCUT2D eigenvalue weighted by Crippen LogP contribution is -2.37. The highest BCUT2D eigenvalue weighted by Gasteiger charge is 2.27. The molecule has 24 heavy (non-hydrogen) atoms. The molecule has 0 aromatic heterocycles. The molecule has 0 saturated carbocycles. The third-order valence-corrected chi connectivity index (χ3v) is 4.61. The molecule has 1 heterocycles. The molecule has 2 aliphatic rings. The first-order valence-corrected chi connectivity index (χ1v) is 8.59. The molecule has 1 aliphatic heterocycles. The minimum Gasteiger partial charge on any atom is -0.338 e. The van der Waals surface area contributed by atoms with Crippen molar-refractivity contribution in [2.24, 2.45) is 0 Å². The summed E-state index contributed by atoms with van der Waals surface area (Å²) in [4.78, 5) is 36.0. The van der Waals surface area contributed by atoms with Crippen LogP contribution in [0.4, 0.5) is 4.79 Å². The van der Waals surface area contributed by atoms with Gasteiger partial charge in [0.1, 0.15) is 0 Å². The molecule has 4 amide bonds. The predicted molar refractivity (Wildman–Crippen MR) is 89.3 cm³/mol. The highest BCUT2D eigenvalue weighted by Crippen LogP contribution is 2.22. The van der Waals surface area contributed by atoms with Gasteiger partial charge in [-0.15, -0.1) is 0 Å². The lowest BCUT2D eigenvalue weighted by Gasteiger charge is -2.14. The number of urea groups is 1. The number of hydrogen-bond donors (Lipinski definition) is 2. The normalized spacial score (nSPS) is 16.4. The Labute approximate surface area is 141 Å². The number of carbonyl (C=O) groups excluding carboxylic acids is 3. The predicted octanol–water partition coefficient (Wildman–Crippen LogP) is 1.51. The van der Waals surface area contributed by atoms with Crippen molar-refractivity contribution in [1.29, 1.82) is 0 Å². The van der Waals surface area contributed by atoms with E-state index in [0.717, 1.165) is 18.4 Å². The Morgan fingerprint density at radius 2 is 1.75 bits per heavy atom. The van der Waals surface area contributed by atoms with Crippen LogP contribution in [0.25, 0.3) is 0 Å². The molecule has 0 radical (unpaired) electrons. The van der Waals surface area contributed by atoms with Gasteiger partial charge in [-0.05, 0) is 42.4 Å². The van der Waals surface area contributed by atoms with E-state index in [0.29, 0.717) is 38.9 Å². The summed E-state index contributed by atoms with van der Waals surface area (Å²) in [5.74, 6) is -0.220. The molecule has 1 saturated heterocycles. The molecule has 6 nitrogen and oxygen atoms in total. The van der Waals surface area contributed by atoms with Crippen molar-refractivity contribution in [3.8, 4) is 0 Å². The first-order chi connectivity index (χ1) is 11.6. The van der Waals surface area contributed by atoms with E-state index in [-0.39, 0.29) is 17.8 Å². The van der Waals surface area contributed by atoms with E-state index >= 15 is 0 Å². The number of carbonyl (C=O) groups is 3. The third kappa shape index (κ3) is 3.93. The number of nitrogens with zero attached hydrogens (tertiary/aromatic N) is 1. The summed E-state index contributed by atoms with van der Waals surface area (Å²) >= 11 is 0. The maximum atomic E-state index is 11.8. The van der Waals surface area contributed by atoms with Crippen LogP contribution in [0.3, 0.4) is 0 Å². The standard InChI is InChI=1S/C18H23N3O3/c22-16-7-8-17(23)21(16)10-2-9-19-18(24)20-12-13-5-6-14-3-1-4-15(14)11-13/h5-6,11H,1-4,7-10,12H2,(H2,19,20,24). The van der Waals surface area contributed by atoms with Crippen molar-refractivity contribution in [3.63, 3.8) is 0 Å². The average Bonchev–Trinajstić information content (AvgIpc) is 3.16. The van der Waals surface area contributed by atoms with Gasteiger partial charge < -0.3 is 10.6 Å². The summed E-state index contributed by atoms with van der Waals surface area (Å²) in [6.07, 6.45) is 4.70. The van der Waals surface area contributed by atoms with E-state index in [1.54, 1.807) is 0 Å². The summed E-state index contributed by atoms with van der Waals surface area (Å²) in [5, 5.41) is 5.60. The topological polar surface area (TPSA) is 78.5 Å². The molecule has 1 aromatic rings. The largest absolute Gasteiger partial charge is 0.338 e. The quantitative estimate of drug-likeness (QED) is 0.613. The van der Waals surface area contributed by atoms with Crippen molar-refractivity contribution >= 4 is 17.8 Å². The molecule has 0 atom stereocenters. The van der Waals surface area contributed by atoms with Gasteiger partial charge in [-0.1, -0.05) is 18.2 Å². The zero-order chi connectivity index (χ0) is 16.9. The van der Waals surface area contributed by atoms with E-state index in [9.17, 15) is 14.4 Å². The lowest BCUT2D eigenvalue weighted by atomic mass is 10.1. The fourth-order valence-electron chi connectivity index (χ4n) is 3.29. The highest BCUT2D eigenvalue weighted by molar-refractivity contribution is 6.01. The first-order valence-electron chi connectivity index (χ1n) is 8.59. The van der Waals surface area contributed by atoms with E-state index in [1.165, 1.54) is 22.4 Å². The van der Waals surface area contributed by atoms with Gasteiger partial charge >= 0.3 is 6.03 Å². The van der Waals surface area contributed by atoms with Gasteiger partial charge in [0.05, 0.1) is 0 Å². The van der Waals surface area contributed by atoms with Crippen molar-refractivity contribution in [3.05, 3.63) is 34.9 Å². The first kappa shape index (κ1) is 16.5. The number of benzene rings is 1. The second kappa shape index (κ2) is 7.47. The number of likely N-dealkylation sites (tertiary alicyclic amines) is 1. The number of rotatable bonds is 6. The maximum absolute atomic E-state index is 11.8. The van der Waals surface area contributed by atoms with Gasteiger partial charge in [-0.2, -0.15) is 0 Å². The number of fused-ring (bicyclic) bond motifs is 1. The number of nitrogens with one attached hydrogen (secondary N) is 2. The molecular weight excluding hydrogens is 306 g/mol. The smallest absolute Gasteiger partial charge is 0.315 e. The lowest BCUT2D eigenvalue weighted by molar-refractivity contribution is -0.138. The maximum Gasteiger partial charge on any atom is 0.315 e. The molecule has 3 rings (SSSR count). The third-order valence-electron chi connectivity index (χ3n) is 4.61. The Morgan fingerprint density at radius 1 is 1.00 bits per heavy atom. The van der Waals surface area contributed by atoms with Crippen LogP contribution < -0.4 is 10.6 Å². The van der Waals surface area contributed by atoms with Gasteiger partial charge in [0.25, 0.3) is 0 Å². The van der Waals surface area contributed by atoms with Gasteiger partial charge in [-0.25, -0.2) is 4.79 Å². The van der Waals surface area contributed by atoms with Gasteiger partial charge in [0, 0.05) is 32.5 Å². The molecule has 1 aromatic carbocycles. The Hall–Kier alpha value is -2.37. The van der Waals surface area contributed by atoms with Crippen LogP contribution in [-0.4, -0.2) is 35.8 Å². The number of aryl methyl sites for hydroxylation is 2. The summed E-state index contributed by atoms with van der Waals surface area (Å²) < 4.78 is 0. The van der Waals surface area contributed by atoms with Crippen LogP contribution in [0.5, 0.6) is 0 Å². The van der Waals surface area contributed by atoms with Crippen LogP contribution in [0, 0.1) is 0 Å². The van der Waals surface area contributed by atoms with Crippen molar-refractivity contribution in [1.82, 2.24) is 15.5 Å². The molecular formula is C18H23N3O3. The molecule has 128 valence electrons. The summed E-state index contributed by atoms with van der Waals surface area (Å²) in [7, 11) is 0. The van der Waals surface area contributed by atoms with Gasteiger partial charge in [-0.3, -0.25) is 14.5 Å². The zero-order valence-corrected chi connectivity index (χ0v) is 13.8. The summed E-state index contributed by atoms with van der Waals surface area (Å²) in [6.45, 7) is 1.32. The molecule has 0 spiro atoms. The van der Waals surface area contributed by atoms with E-state index < -0.39 is 0 Å². The second-order valence-electron chi connectivity index (χ2n) is 6.36. The monoisotopic (exact) mass is 329 g/mol. The summed E-state index contributed by atoms with van der Waals surface area (Å²) in [5.41, 5.74) is 3.93. The van der Waals surface area contributed by atoms with Gasteiger partial charge in [0.2, 0.25) is 11.8 Å². The fourth-order valence-corrected chi connectivity index (χ4v) is 3.29. The minimum absolute atomic E-state index is 0.110. The Kier molecular flexibility index (Phi) is 5.13. The number of hydrogen-bond acceptors (Lipinski definition) is 3. The van der Waals surface area contributed by atoms with Crippen LogP contribution in [0.1, 0.15) is 42.4 Å². The van der Waals surface area contributed by atoms with Crippen molar-refractivity contribution < 1.29 is 14.4 Å². The Bertz CT molecular complexity index is 641. The van der Waals surface area contributed by atoms with E-state index in [2.05, 4.69) is 28.8 Å². The summed E-state index contributed by atoms with van der Waals surface area (Å²) in [6, 6.07) is 6.17. The van der Waals surface area contributed by atoms with Crippen molar-refractivity contribution in [2.75, 3.05) is 13.1 Å². The SMILES string of the molecule is O=C(NCCCN1C(=O)CCC1=O)NCc1ccc2c(c1)CCC2. The number of amides is 4. The van der Waals surface area contributed by atoms with Crippen LogP contribution in [0.15, 0.2) is 18.2 Å². The van der Waals surface area contributed by atoms with Crippen LogP contribution in [-0.2, 0) is 29.0 Å². The molecule has 1 aliphatic carbocycles. The minimum atomic E-state index is -0.227. The Morgan fingerprint density at radius 3 is 2.54 bits per heavy atom. The van der Waals surface area contributed by atoms with E-state index in [1.807, 2.05) is 0 Å². The fraction of sp³-hybridized carbons (Fsp3) is 0.500. The molecule has 2 N–H and O–H groups in total. The van der Waals surface area contributed by atoms with Gasteiger partial charge in [0.15, 0.2) is 0 Å². The Balaban J connectivity index is 1.34. The number of imide groups is 1. The molecule has 0 bridgehead atoms. The second-order valence-corrected chi connectivity index (χ2v) is 6.36. The highest BCUT2D eigenvalue weighted by atomic mass is 16.2. The average molecular weight is 329 g/mol.